The maximum atomic E-state index is 9.09. The third-order valence-corrected chi connectivity index (χ3v) is 3.81. The first-order chi connectivity index (χ1) is 5.83. The van der Waals surface area contributed by atoms with Crippen LogP contribution in [-0.2, 0) is 5.41 Å². The summed E-state index contributed by atoms with van der Waals surface area (Å²) in [6.07, 6.45) is 2.20. The maximum absolute atomic E-state index is 9.09. The highest BCUT2D eigenvalue weighted by Gasteiger charge is 2.55. The summed E-state index contributed by atoms with van der Waals surface area (Å²) in [5, 5.41) is 11.1. The number of nitriles is 1. The molecule has 1 aliphatic carbocycles. The van der Waals surface area contributed by atoms with Crippen molar-refractivity contribution >= 4 is 11.3 Å². The second kappa shape index (κ2) is 2.60. The van der Waals surface area contributed by atoms with E-state index in [1.54, 1.807) is 11.3 Å². The van der Waals surface area contributed by atoms with Crippen LogP contribution in [-0.4, -0.2) is 0 Å². The van der Waals surface area contributed by atoms with Crippen molar-refractivity contribution in [3.8, 4) is 6.07 Å². The number of thiophene rings is 1. The molecule has 0 spiro atoms. The van der Waals surface area contributed by atoms with Crippen molar-refractivity contribution < 1.29 is 0 Å². The minimum Gasteiger partial charge on any atom is -0.197 e. The van der Waals surface area contributed by atoms with E-state index in [1.807, 2.05) is 6.07 Å². The van der Waals surface area contributed by atoms with Gasteiger partial charge in [-0.25, -0.2) is 0 Å². The van der Waals surface area contributed by atoms with E-state index >= 15 is 0 Å². The van der Waals surface area contributed by atoms with Gasteiger partial charge < -0.3 is 0 Å². The van der Waals surface area contributed by atoms with Crippen LogP contribution in [0.15, 0.2) is 17.5 Å². The van der Waals surface area contributed by atoms with Gasteiger partial charge in [0.1, 0.15) is 0 Å². The summed E-state index contributed by atoms with van der Waals surface area (Å²) in [5.41, 5.74) is -0.0943. The van der Waals surface area contributed by atoms with Crippen LogP contribution in [0.5, 0.6) is 0 Å². The Hall–Kier alpha value is -0.810. The van der Waals surface area contributed by atoms with E-state index in [0.29, 0.717) is 5.92 Å². The largest absolute Gasteiger partial charge is 0.197 e. The SMILES string of the molecule is CCC1CC1(C#N)c1cccs1. The van der Waals surface area contributed by atoms with Gasteiger partial charge in [0.2, 0.25) is 0 Å². The molecule has 1 fully saturated rings. The Labute approximate surface area is 76.6 Å². The molecule has 1 aliphatic rings. The van der Waals surface area contributed by atoms with Gasteiger partial charge in [-0.3, -0.25) is 0 Å². The summed E-state index contributed by atoms with van der Waals surface area (Å²) in [7, 11) is 0. The molecule has 0 bridgehead atoms. The van der Waals surface area contributed by atoms with E-state index in [2.05, 4.69) is 24.4 Å². The Morgan fingerprint density at radius 1 is 1.83 bits per heavy atom. The minimum atomic E-state index is -0.0943. The highest BCUT2D eigenvalue weighted by molar-refractivity contribution is 7.10. The fourth-order valence-electron chi connectivity index (χ4n) is 1.85. The molecule has 62 valence electrons. The van der Waals surface area contributed by atoms with E-state index in [0.717, 1.165) is 12.8 Å². The van der Waals surface area contributed by atoms with Gasteiger partial charge in [0.25, 0.3) is 0 Å². The summed E-state index contributed by atoms with van der Waals surface area (Å²) in [6.45, 7) is 2.16. The second-order valence-corrected chi connectivity index (χ2v) is 4.32. The minimum absolute atomic E-state index is 0.0943. The third kappa shape index (κ3) is 0.899. The first-order valence-corrected chi connectivity index (χ1v) is 5.16. The summed E-state index contributed by atoms with van der Waals surface area (Å²) < 4.78 is 0. The molecule has 12 heavy (non-hydrogen) atoms. The van der Waals surface area contributed by atoms with Gasteiger partial charge in [0.05, 0.1) is 11.5 Å². The second-order valence-electron chi connectivity index (χ2n) is 3.37. The average molecular weight is 177 g/mol. The quantitative estimate of drug-likeness (QED) is 0.681. The lowest BCUT2D eigenvalue weighted by Gasteiger charge is -2.02. The monoisotopic (exact) mass is 177 g/mol. The van der Waals surface area contributed by atoms with Gasteiger partial charge in [-0.2, -0.15) is 5.26 Å². The first kappa shape index (κ1) is 7.82. The predicted octanol–water partition coefficient (Wildman–Crippen LogP) is 2.94. The summed E-state index contributed by atoms with van der Waals surface area (Å²) >= 11 is 1.71. The average Bonchev–Trinajstić information content (AvgIpc) is 2.57. The van der Waals surface area contributed by atoms with Gasteiger partial charge in [-0.1, -0.05) is 19.4 Å². The predicted molar refractivity (Wildman–Crippen MR) is 50.0 cm³/mol. The van der Waals surface area contributed by atoms with Crippen LogP contribution in [0.1, 0.15) is 24.6 Å². The molecule has 1 nitrogen and oxygen atoms in total. The number of nitrogens with zero attached hydrogens (tertiary/aromatic N) is 1. The Morgan fingerprint density at radius 2 is 2.67 bits per heavy atom. The Kier molecular flexibility index (Phi) is 1.69. The standard InChI is InChI=1S/C10H11NS/c1-2-8-6-10(8,7-11)9-4-3-5-12-9/h3-5,8H,2,6H2,1H3. The molecular weight excluding hydrogens is 166 g/mol. The van der Waals surface area contributed by atoms with Crippen molar-refractivity contribution in [3.05, 3.63) is 22.4 Å². The molecule has 0 aliphatic heterocycles. The third-order valence-electron chi connectivity index (χ3n) is 2.76. The molecule has 2 unspecified atom stereocenters. The molecule has 2 rings (SSSR count). The lowest BCUT2D eigenvalue weighted by Crippen LogP contribution is -2.03. The lowest BCUT2D eigenvalue weighted by molar-refractivity contribution is 0.709. The number of hydrogen-bond donors (Lipinski definition) is 0. The fraction of sp³-hybridized carbons (Fsp3) is 0.500. The molecule has 2 atom stereocenters. The zero-order valence-electron chi connectivity index (χ0n) is 7.08. The van der Waals surface area contributed by atoms with Crippen LogP contribution in [0, 0.1) is 17.2 Å². The topological polar surface area (TPSA) is 23.8 Å². The van der Waals surface area contributed by atoms with Gasteiger partial charge >= 0.3 is 0 Å². The first-order valence-electron chi connectivity index (χ1n) is 4.28. The van der Waals surface area contributed by atoms with Gasteiger partial charge in [0, 0.05) is 4.88 Å². The van der Waals surface area contributed by atoms with Crippen molar-refractivity contribution in [3.63, 3.8) is 0 Å². The lowest BCUT2D eigenvalue weighted by atomic mass is 10.0. The number of hydrogen-bond acceptors (Lipinski definition) is 2. The van der Waals surface area contributed by atoms with E-state index in [9.17, 15) is 0 Å². The van der Waals surface area contributed by atoms with E-state index < -0.39 is 0 Å². The van der Waals surface area contributed by atoms with Gasteiger partial charge in [-0.15, -0.1) is 11.3 Å². The molecule has 0 radical (unpaired) electrons. The van der Waals surface area contributed by atoms with Gasteiger partial charge in [0.15, 0.2) is 0 Å². The summed E-state index contributed by atoms with van der Waals surface area (Å²) in [6, 6.07) is 6.58. The highest BCUT2D eigenvalue weighted by atomic mass is 32.1. The van der Waals surface area contributed by atoms with Gasteiger partial charge in [-0.05, 0) is 23.8 Å². The van der Waals surface area contributed by atoms with Crippen molar-refractivity contribution in [1.82, 2.24) is 0 Å². The fourth-order valence-corrected chi connectivity index (χ4v) is 2.82. The van der Waals surface area contributed by atoms with E-state index in [-0.39, 0.29) is 5.41 Å². The van der Waals surface area contributed by atoms with Crippen LogP contribution < -0.4 is 0 Å². The highest BCUT2D eigenvalue weighted by Crippen LogP contribution is 2.56. The molecule has 1 saturated carbocycles. The Bertz CT molecular complexity index is 309. The van der Waals surface area contributed by atoms with E-state index in [4.69, 9.17) is 5.26 Å². The Balaban J connectivity index is 2.29. The normalized spacial score (nSPS) is 32.8. The molecule has 1 heterocycles. The van der Waals surface area contributed by atoms with Crippen LogP contribution in [0.4, 0.5) is 0 Å². The smallest absolute Gasteiger partial charge is 0.0946 e. The van der Waals surface area contributed by atoms with Crippen LogP contribution >= 0.6 is 11.3 Å². The molecule has 0 N–H and O–H groups in total. The molecule has 2 heteroatoms. The molecule has 0 aromatic carbocycles. The number of rotatable bonds is 2. The van der Waals surface area contributed by atoms with Crippen LogP contribution in [0.25, 0.3) is 0 Å². The summed E-state index contributed by atoms with van der Waals surface area (Å²) in [4.78, 5) is 1.26. The van der Waals surface area contributed by atoms with Crippen molar-refractivity contribution in [2.45, 2.75) is 25.2 Å². The van der Waals surface area contributed by atoms with Crippen LogP contribution in [0.2, 0.25) is 0 Å². The zero-order chi connectivity index (χ0) is 8.60. The Morgan fingerprint density at radius 3 is 3.08 bits per heavy atom. The van der Waals surface area contributed by atoms with Crippen molar-refractivity contribution in [2.75, 3.05) is 0 Å². The van der Waals surface area contributed by atoms with Crippen LogP contribution in [0.3, 0.4) is 0 Å². The maximum Gasteiger partial charge on any atom is 0.0946 e. The summed E-state index contributed by atoms with van der Waals surface area (Å²) in [5.74, 6) is 0.612. The molecule has 0 amide bonds. The zero-order valence-corrected chi connectivity index (χ0v) is 7.90. The van der Waals surface area contributed by atoms with Crippen molar-refractivity contribution in [1.29, 1.82) is 5.26 Å². The van der Waals surface area contributed by atoms with E-state index in [1.165, 1.54) is 4.88 Å². The van der Waals surface area contributed by atoms with Crippen molar-refractivity contribution in [2.24, 2.45) is 5.92 Å². The molecule has 1 aromatic heterocycles. The molecular formula is C10H11NS. The molecule has 0 saturated heterocycles. The molecule has 1 aromatic rings.